The Morgan fingerprint density at radius 2 is 0.304 bits per heavy atom. The maximum atomic E-state index is 4.76. The molecular formula is C49H42Cl2I6Mo3P2S7. The molecule has 0 aliphatic heterocycles. The van der Waals surface area contributed by atoms with E-state index in [2.05, 4.69) is 313 Å². The molecule has 0 unspecified atom stereocenters. The van der Waals surface area contributed by atoms with E-state index in [1.807, 2.05) is 0 Å². The standard InChI is InChI=1S/2C24H20P.CH2Cl2.6HI.3Mo.3S2.S/c2*1-5-13-21(14-6-1)25(22-15-7-2-8-16-22,23-17-9-3-10-18-23)24-19-11-4-12-20-24;2-1-3;;;;;;;;;;3*1-2;/h2*1-20H;1H2;6*1H;;;;;;;/q2*+1;;;;;;;;3*+4;4*-2/p-6. The van der Waals surface area contributed by atoms with Crippen molar-refractivity contribution >= 4 is 164 Å². The van der Waals surface area contributed by atoms with E-state index in [1.54, 1.807) is 0 Å². The molecule has 69 heavy (non-hydrogen) atoms. The van der Waals surface area contributed by atoms with Gasteiger partial charge in [-0.15, -0.1) is 23.2 Å². The van der Waals surface area contributed by atoms with Crippen molar-refractivity contribution in [2.75, 3.05) is 5.34 Å². The molecule has 0 saturated heterocycles. The van der Waals surface area contributed by atoms with Crippen molar-refractivity contribution in [1.29, 1.82) is 0 Å². The zero-order valence-electron chi connectivity index (χ0n) is 35.8. The molecule has 0 radical (unpaired) electrons. The summed E-state index contributed by atoms with van der Waals surface area (Å²) in [4.78, 5) is 0. The van der Waals surface area contributed by atoms with Gasteiger partial charge >= 0.3 is 63.2 Å². The van der Waals surface area contributed by atoms with Crippen LogP contribution in [0.5, 0.6) is 0 Å². The second kappa shape index (κ2) is 55.4. The molecule has 0 N–H and O–H groups in total. The zero-order chi connectivity index (χ0) is 42.6. The summed E-state index contributed by atoms with van der Waals surface area (Å²) in [6.07, 6.45) is 0. The van der Waals surface area contributed by atoms with Gasteiger partial charge in [-0.1, -0.05) is 146 Å². The Morgan fingerprint density at radius 3 is 0.377 bits per heavy atom. The van der Waals surface area contributed by atoms with Gasteiger partial charge in [-0.2, -0.15) is 0 Å². The summed E-state index contributed by atoms with van der Waals surface area (Å²) in [5, 5.41) is 11.3. The summed E-state index contributed by atoms with van der Waals surface area (Å²) < 4.78 is 0. The number of hydrogen-bond acceptors (Lipinski definition) is 6. The first-order chi connectivity index (χ1) is 29.3. The number of benzene rings is 8. The smallest absolute Gasteiger partial charge is 2.00 e. The van der Waals surface area contributed by atoms with E-state index in [0.717, 1.165) is 0 Å². The fourth-order valence-electron chi connectivity index (χ4n) is 7.00. The molecule has 0 amide bonds. The minimum atomic E-state index is -1.91. The van der Waals surface area contributed by atoms with Crippen molar-refractivity contribution in [2.24, 2.45) is 0 Å². The van der Waals surface area contributed by atoms with Crippen LogP contribution >= 0.6 is 37.7 Å². The maximum Gasteiger partial charge on any atom is 4.00 e. The fraction of sp³-hybridized carbons (Fsp3) is 0.0204. The molecule has 0 atom stereocenters. The Bertz CT molecular complexity index is 1780. The quantitative estimate of drug-likeness (QED) is 0.0369. The average Bonchev–Trinajstić information content (AvgIpc) is 3.35. The summed E-state index contributed by atoms with van der Waals surface area (Å²) in [6.45, 7) is 0. The predicted molar refractivity (Wildman–Crippen MR) is 291 cm³/mol. The SMILES string of the molecule is ClCCl.[I-].[I-].[I-].[I-].[I-].[I-].[Mo+4].[Mo+4].[Mo+4].[S-2].[S-][S-].[S-][S-].[S-][S-].c1ccc([P+](c2ccccc2)(c2ccccc2)c2ccccc2)cc1.c1ccc([P+](c2ccccc2)(c2ccccc2)c2ccccc2)cc1. The molecule has 8 rings (SSSR count). The van der Waals surface area contributed by atoms with E-state index in [0.29, 0.717) is 0 Å². The van der Waals surface area contributed by atoms with Crippen molar-refractivity contribution in [3.63, 3.8) is 0 Å². The van der Waals surface area contributed by atoms with Crippen molar-refractivity contribution in [2.45, 2.75) is 0 Å². The van der Waals surface area contributed by atoms with Crippen LogP contribution in [-0.2, 0) is 147 Å². The molecule has 0 bridgehead atoms. The Hall–Kier alpha value is 4.09. The Balaban J connectivity index is -0.000000137. The Kier molecular flexibility index (Phi) is 72.0. The first kappa shape index (κ1) is 89.7. The number of hydrogen-bond donors (Lipinski definition) is 0. The molecule has 0 nitrogen and oxygen atoms in total. The molecule has 364 valence electrons. The summed E-state index contributed by atoms with van der Waals surface area (Å²) in [7, 11) is -3.81. The van der Waals surface area contributed by atoms with Gasteiger partial charge in [-0.05, 0) is 97.1 Å². The van der Waals surface area contributed by atoms with Crippen molar-refractivity contribution < 1.29 is 207 Å². The van der Waals surface area contributed by atoms with Crippen LogP contribution in [0.15, 0.2) is 243 Å². The van der Waals surface area contributed by atoms with E-state index in [-0.39, 0.29) is 226 Å². The second-order valence-electron chi connectivity index (χ2n) is 12.1. The third-order valence-corrected chi connectivity index (χ3v) is 17.7. The van der Waals surface area contributed by atoms with E-state index >= 15 is 0 Å². The van der Waals surface area contributed by atoms with Crippen LogP contribution in [0.1, 0.15) is 0 Å². The first-order valence-corrected chi connectivity index (χ1v) is 26.8. The zero-order valence-corrected chi connectivity index (χ0v) is 63.8. The van der Waals surface area contributed by atoms with Gasteiger partial charge in [-0.25, -0.2) is 0 Å². The molecule has 20 heteroatoms. The maximum absolute atomic E-state index is 4.76. The predicted octanol–water partition coefficient (Wildman–Crippen LogP) is -7.97. The van der Waals surface area contributed by atoms with Gasteiger partial charge in [0.2, 0.25) is 0 Å². The second-order valence-corrected chi connectivity index (χ2v) is 19.7. The number of alkyl halides is 2. The molecule has 8 aromatic rings. The van der Waals surface area contributed by atoms with Gasteiger partial charge in [0, 0.05) is 0 Å². The average molecular weight is 2040 g/mol. The van der Waals surface area contributed by atoms with Crippen LogP contribution in [0.25, 0.3) is 0 Å². The molecule has 0 heterocycles. The van der Waals surface area contributed by atoms with Crippen LogP contribution in [0.4, 0.5) is 0 Å². The molecule has 0 spiro atoms. The monoisotopic (exact) mass is 2040 g/mol. The normalized spacial score (nSPS) is 8.64. The van der Waals surface area contributed by atoms with Gasteiger partial charge in [0.25, 0.3) is 0 Å². The van der Waals surface area contributed by atoms with E-state index in [9.17, 15) is 0 Å². The van der Waals surface area contributed by atoms with Crippen LogP contribution in [0.2, 0.25) is 0 Å². The van der Waals surface area contributed by atoms with Crippen LogP contribution in [0, 0.1) is 0 Å². The summed E-state index contributed by atoms with van der Waals surface area (Å²) in [6, 6.07) is 87.7. The third kappa shape index (κ3) is 26.3. The molecule has 0 saturated carbocycles. The van der Waals surface area contributed by atoms with Crippen molar-refractivity contribution in [3.8, 4) is 0 Å². The molecule has 0 aliphatic carbocycles. The summed E-state index contributed by atoms with van der Waals surface area (Å²) in [5.41, 5.74) is 0. The number of rotatable bonds is 8. The summed E-state index contributed by atoms with van der Waals surface area (Å²) >= 11 is 31.5. The van der Waals surface area contributed by atoms with Gasteiger partial charge in [0.05, 0.1) is 5.34 Å². The molecule has 0 aliphatic rings. The van der Waals surface area contributed by atoms with Gasteiger partial charge < -0.3 is 227 Å². The van der Waals surface area contributed by atoms with E-state index in [4.69, 9.17) is 23.2 Å². The van der Waals surface area contributed by atoms with Crippen molar-refractivity contribution in [3.05, 3.63) is 243 Å². The largest absolute Gasteiger partial charge is 4.00 e. The van der Waals surface area contributed by atoms with E-state index < -0.39 is 14.5 Å². The third-order valence-electron chi connectivity index (χ3n) is 9.15. The fourth-order valence-corrected chi connectivity index (χ4v) is 15.5. The molecule has 0 fully saturated rings. The molecule has 8 aromatic carbocycles. The van der Waals surface area contributed by atoms with E-state index in [1.165, 1.54) is 42.4 Å². The van der Waals surface area contributed by atoms with Crippen LogP contribution in [0.3, 0.4) is 0 Å². The Morgan fingerprint density at radius 1 is 0.232 bits per heavy atom. The molecule has 0 aromatic heterocycles. The topological polar surface area (TPSA) is 0 Å². The minimum Gasteiger partial charge on any atom is -2.00 e. The van der Waals surface area contributed by atoms with Gasteiger partial charge in [0.15, 0.2) is 0 Å². The van der Waals surface area contributed by atoms with Crippen molar-refractivity contribution in [1.82, 2.24) is 0 Å². The Labute approximate surface area is 607 Å². The van der Waals surface area contributed by atoms with Gasteiger partial charge in [0.1, 0.15) is 57.0 Å². The van der Waals surface area contributed by atoms with Crippen LogP contribution < -0.4 is 186 Å². The minimum absolute atomic E-state index is 0. The van der Waals surface area contributed by atoms with Gasteiger partial charge in [-0.3, -0.25) is 0 Å². The summed E-state index contributed by atoms with van der Waals surface area (Å²) in [5.74, 6) is 0. The van der Waals surface area contributed by atoms with Crippen LogP contribution in [-0.4, -0.2) is 5.34 Å². The number of halogens is 8. The molecular weight excluding hydrogens is 2000 g/mol. The first-order valence-electron chi connectivity index (χ1n) is 18.1.